The van der Waals surface area contributed by atoms with Crippen molar-refractivity contribution >= 4 is 0 Å². The number of benzene rings is 2. The highest BCUT2D eigenvalue weighted by atomic mass is 16.5. The molecule has 0 unspecified atom stereocenters. The zero-order valence-corrected chi connectivity index (χ0v) is 11.9. The van der Waals surface area contributed by atoms with Crippen LogP contribution in [0.2, 0.25) is 0 Å². The molecule has 0 aliphatic carbocycles. The first-order valence-electron chi connectivity index (χ1n) is 6.35. The number of aromatic hydroxyl groups is 3. The van der Waals surface area contributed by atoms with Crippen molar-refractivity contribution in [2.45, 2.75) is 20.8 Å². The lowest BCUT2D eigenvalue weighted by molar-refractivity contribution is 0.337. The van der Waals surface area contributed by atoms with Gasteiger partial charge in [0, 0.05) is 12.1 Å². The third-order valence-electron chi connectivity index (χ3n) is 2.68. The molecule has 0 aliphatic rings. The average Bonchev–Trinajstić information content (AvgIpc) is 2.40. The van der Waals surface area contributed by atoms with Crippen molar-refractivity contribution in [2.24, 2.45) is 0 Å². The van der Waals surface area contributed by atoms with Crippen LogP contribution in [-0.2, 0) is 0 Å². The second-order valence-corrected chi connectivity index (χ2v) is 4.35. The molecular weight excluding hydrogens is 256 g/mol. The monoisotopic (exact) mass is 276 g/mol. The van der Waals surface area contributed by atoms with E-state index in [-0.39, 0.29) is 17.2 Å². The van der Waals surface area contributed by atoms with Crippen molar-refractivity contribution in [2.75, 3.05) is 6.61 Å². The molecule has 108 valence electrons. The van der Waals surface area contributed by atoms with Crippen molar-refractivity contribution in [1.82, 2.24) is 0 Å². The molecule has 2 aromatic carbocycles. The van der Waals surface area contributed by atoms with Crippen LogP contribution in [0.1, 0.15) is 18.1 Å². The summed E-state index contributed by atoms with van der Waals surface area (Å²) < 4.78 is 5.18. The first kappa shape index (κ1) is 15.7. The van der Waals surface area contributed by atoms with E-state index in [1.165, 1.54) is 12.1 Å². The first-order valence-corrected chi connectivity index (χ1v) is 6.35. The Morgan fingerprint density at radius 2 is 1.40 bits per heavy atom. The van der Waals surface area contributed by atoms with Gasteiger partial charge in [-0.1, -0.05) is 12.1 Å². The highest BCUT2D eigenvalue weighted by Gasteiger charge is 1.97. The van der Waals surface area contributed by atoms with Gasteiger partial charge in [-0.25, -0.2) is 0 Å². The summed E-state index contributed by atoms with van der Waals surface area (Å²) in [7, 11) is 0. The van der Waals surface area contributed by atoms with E-state index in [9.17, 15) is 5.11 Å². The summed E-state index contributed by atoms with van der Waals surface area (Å²) in [5.74, 6) is 1.24. The van der Waals surface area contributed by atoms with Crippen LogP contribution < -0.4 is 4.74 Å². The summed E-state index contributed by atoms with van der Waals surface area (Å²) in [6.45, 7) is 6.17. The molecule has 0 amide bonds. The highest BCUT2D eigenvalue weighted by molar-refractivity contribution is 5.38. The zero-order valence-electron chi connectivity index (χ0n) is 11.9. The van der Waals surface area contributed by atoms with Gasteiger partial charge in [-0.15, -0.1) is 0 Å². The van der Waals surface area contributed by atoms with Crippen molar-refractivity contribution in [3.05, 3.63) is 47.5 Å². The number of hydrogen-bond acceptors (Lipinski definition) is 4. The van der Waals surface area contributed by atoms with E-state index in [0.717, 1.165) is 16.9 Å². The molecule has 0 saturated carbocycles. The Morgan fingerprint density at radius 3 is 1.85 bits per heavy atom. The summed E-state index contributed by atoms with van der Waals surface area (Å²) in [6.07, 6.45) is 0. The minimum absolute atomic E-state index is 0.0955. The summed E-state index contributed by atoms with van der Waals surface area (Å²) in [5.41, 5.74) is 1.64. The Hall–Kier alpha value is -2.36. The Kier molecular flexibility index (Phi) is 5.72. The SMILES string of the molecule is CCOc1ccc(C)c(O)c1.Cc1ccc(O)cc1O. The molecule has 20 heavy (non-hydrogen) atoms. The van der Waals surface area contributed by atoms with E-state index in [1.54, 1.807) is 19.1 Å². The van der Waals surface area contributed by atoms with Gasteiger partial charge in [-0.3, -0.25) is 0 Å². The number of phenols is 3. The average molecular weight is 276 g/mol. The Morgan fingerprint density at radius 1 is 0.850 bits per heavy atom. The minimum Gasteiger partial charge on any atom is -0.508 e. The molecule has 2 aromatic rings. The third-order valence-corrected chi connectivity index (χ3v) is 2.68. The number of hydrogen-bond donors (Lipinski definition) is 3. The fourth-order valence-corrected chi connectivity index (χ4v) is 1.44. The van der Waals surface area contributed by atoms with Crippen molar-refractivity contribution < 1.29 is 20.1 Å². The van der Waals surface area contributed by atoms with E-state index in [0.29, 0.717) is 6.61 Å². The van der Waals surface area contributed by atoms with Gasteiger partial charge in [0.1, 0.15) is 23.0 Å². The number of aryl methyl sites for hydroxylation is 2. The molecule has 3 N–H and O–H groups in total. The predicted octanol–water partition coefficient (Wildman–Crippen LogP) is 3.51. The lowest BCUT2D eigenvalue weighted by Gasteiger charge is -2.03. The molecule has 0 atom stereocenters. The zero-order chi connectivity index (χ0) is 15.1. The molecule has 2 rings (SSSR count). The van der Waals surface area contributed by atoms with Crippen molar-refractivity contribution in [3.8, 4) is 23.0 Å². The van der Waals surface area contributed by atoms with Gasteiger partial charge in [-0.2, -0.15) is 0 Å². The number of ether oxygens (including phenoxy) is 1. The Balaban J connectivity index is 0.000000204. The van der Waals surface area contributed by atoms with Crippen LogP contribution in [0.25, 0.3) is 0 Å². The molecule has 0 aromatic heterocycles. The molecular formula is C16H20O4. The second-order valence-electron chi connectivity index (χ2n) is 4.35. The van der Waals surface area contributed by atoms with E-state index >= 15 is 0 Å². The molecule has 4 nitrogen and oxygen atoms in total. The molecule has 0 radical (unpaired) electrons. The van der Waals surface area contributed by atoms with E-state index in [2.05, 4.69) is 0 Å². The standard InChI is InChI=1S/C9H12O2.C7H8O2/c1-3-11-8-5-4-7(2)9(10)6-8;1-5-2-3-6(8)4-7(5)9/h4-6,10H,3H2,1-2H3;2-4,8-9H,1H3. The first-order chi connectivity index (χ1) is 9.43. The van der Waals surface area contributed by atoms with Gasteiger partial charge >= 0.3 is 0 Å². The van der Waals surface area contributed by atoms with Crippen LogP contribution in [0.5, 0.6) is 23.0 Å². The minimum atomic E-state index is 0.0955. The van der Waals surface area contributed by atoms with Gasteiger partial charge in [0.15, 0.2) is 0 Å². The molecule has 0 bridgehead atoms. The smallest absolute Gasteiger partial charge is 0.122 e. The molecule has 0 spiro atoms. The Bertz CT molecular complexity index is 564. The molecule has 0 aliphatic heterocycles. The summed E-state index contributed by atoms with van der Waals surface area (Å²) in [5, 5.41) is 27.0. The molecule has 0 fully saturated rings. The summed E-state index contributed by atoms with van der Waals surface area (Å²) >= 11 is 0. The maximum absolute atomic E-state index is 9.25. The molecule has 0 saturated heterocycles. The van der Waals surface area contributed by atoms with Crippen molar-refractivity contribution in [1.29, 1.82) is 0 Å². The predicted molar refractivity (Wildman–Crippen MR) is 78.5 cm³/mol. The lowest BCUT2D eigenvalue weighted by atomic mass is 10.2. The van der Waals surface area contributed by atoms with Gasteiger partial charge in [0.25, 0.3) is 0 Å². The van der Waals surface area contributed by atoms with Gasteiger partial charge in [-0.05, 0) is 44.0 Å². The van der Waals surface area contributed by atoms with Crippen LogP contribution in [0.15, 0.2) is 36.4 Å². The normalized spacial score (nSPS) is 9.55. The summed E-state index contributed by atoms with van der Waals surface area (Å²) in [4.78, 5) is 0. The number of phenolic OH excluding ortho intramolecular Hbond substituents is 3. The maximum Gasteiger partial charge on any atom is 0.122 e. The third kappa shape index (κ3) is 4.72. The van der Waals surface area contributed by atoms with E-state index in [1.807, 2.05) is 26.0 Å². The number of rotatable bonds is 2. The lowest BCUT2D eigenvalue weighted by Crippen LogP contribution is -1.90. The van der Waals surface area contributed by atoms with Crippen LogP contribution >= 0.6 is 0 Å². The van der Waals surface area contributed by atoms with E-state index < -0.39 is 0 Å². The topological polar surface area (TPSA) is 69.9 Å². The molecule has 4 heteroatoms. The maximum atomic E-state index is 9.25. The summed E-state index contributed by atoms with van der Waals surface area (Å²) in [6, 6.07) is 9.81. The Labute approximate surface area is 118 Å². The fraction of sp³-hybridized carbons (Fsp3) is 0.250. The molecule has 0 heterocycles. The van der Waals surface area contributed by atoms with Crippen molar-refractivity contribution in [3.63, 3.8) is 0 Å². The second kappa shape index (κ2) is 7.28. The van der Waals surface area contributed by atoms with Crippen LogP contribution in [0, 0.1) is 13.8 Å². The van der Waals surface area contributed by atoms with Crippen LogP contribution in [0.3, 0.4) is 0 Å². The van der Waals surface area contributed by atoms with Crippen LogP contribution in [-0.4, -0.2) is 21.9 Å². The fourth-order valence-electron chi connectivity index (χ4n) is 1.44. The quantitative estimate of drug-likeness (QED) is 0.785. The highest BCUT2D eigenvalue weighted by Crippen LogP contribution is 2.22. The van der Waals surface area contributed by atoms with E-state index in [4.69, 9.17) is 14.9 Å². The van der Waals surface area contributed by atoms with Gasteiger partial charge in [0.2, 0.25) is 0 Å². The van der Waals surface area contributed by atoms with Gasteiger partial charge in [0.05, 0.1) is 6.61 Å². The largest absolute Gasteiger partial charge is 0.508 e. The van der Waals surface area contributed by atoms with Gasteiger partial charge < -0.3 is 20.1 Å². The van der Waals surface area contributed by atoms with Crippen LogP contribution in [0.4, 0.5) is 0 Å².